The zero-order valence-electron chi connectivity index (χ0n) is 15.8. The van der Waals surface area contributed by atoms with Crippen LogP contribution < -0.4 is 9.64 Å². The summed E-state index contributed by atoms with van der Waals surface area (Å²) >= 11 is 0. The Labute approximate surface area is 160 Å². The number of hydrogen-bond acceptors (Lipinski definition) is 4. The van der Waals surface area contributed by atoms with Crippen molar-refractivity contribution in [1.82, 2.24) is 4.31 Å². The maximum atomic E-state index is 12.2. The summed E-state index contributed by atoms with van der Waals surface area (Å²) in [6.07, 6.45) is 1.21. The normalized spacial score (nSPS) is 14.8. The molecule has 27 heavy (non-hydrogen) atoms. The molecule has 3 rings (SSSR count). The molecule has 0 saturated heterocycles. The third-order valence-corrected chi connectivity index (χ3v) is 5.86. The van der Waals surface area contributed by atoms with Gasteiger partial charge in [-0.05, 0) is 36.8 Å². The highest BCUT2D eigenvalue weighted by Crippen LogP contribution is 2.27. The van der Waals surface area contributed by atoms with Crippen LogP contribution in [-0.2, 0) is 27.9 Å². The second-order valence-electron chi connectivity index (χ2n) is 6.83. The van der Waals surface area contributed by atoms with Gasteiger partial charge in [-0.1, -0.05) is 23.8 Å². The van der Waals surface area contributed by atoms with Crippen molar-refractivity contribution in [3.63, 3.8) is 0 Å². The van der Waals surface area contributed by atoms with Gasteiger partial charge < -0.3 is 9.64 Å². The Morgan fingerprint density at radius 3 is 2.52 bits per heavy atom. The summed E-state index contributed by atoms with van der Waals surface area (Å²) in [5, 5.41) is 0. The van der Waals surface area contributed by atoms with E-state index in [0.717, 1.165) is 22.4 Å². The molecule has 1 aliphatic rings. The standard InChI is InChI=1S/C20H24N2O4S/c1-15-4-7-19(8-5-15)22(16(2)23)13-17-6-9-20-18(12-17)14-21(10-11-26-20)27(3,24)25/h4-9,12H,10-11,13-14H2,1-3H3. The molecule has 1 amide bonds. The fraction of sp³-hybridized carbons (Fsp3) is 0.350. The highest BCUT2D eigenvalue weighted by atomic mass is 32.2. The van der Waals surface area contributed by atoms with E-state index in [1.165, 1.54) is 17.5 Å². The van der Waals surface area contributed by atoms with Gasteiger partial charge in [-0.25, -0.2) is 8.42 Å². The van der Waals surface area contributed by atoms with E-state index in [1.807, 2.05) is 49.4 Å². The monoisotopic (exact) mass is 388 g/mol. The van der Waals surface area contributed by atoms with Gasteiger partial charge in [-0.3, -0.25) is 4.79 Å². The average Bonchev–Trinajstić information content (AvgIpc) is 2.82. The SMILES string of the molecule is CC(=O)N(Cc1ccc2c(c1)CN(S(C)(=O)=O)CCO2)c1ccc(C)cc1. The van der Waals surface area contributed by atoms with Gasteiger partial charge >= 0.3 is 0 Å². The number of sulfonamides is 1. The van der Waals surface area contributed by atoms with Crippen LogP contribution in [0.3, 0.4) is 0 Å². The number of ether oxygens (including phenoxy) is 1. The predicted molar refractivity (Wildman–Crippen MR) is 105 cm³/mol. The number of nitrogens with zero attached hydrogens (tertiary/aromatic N) is 2. The second-order valence-corrected chi connectivity index (χ2v) is 8.81. The number of aryl methyl sites for hydroxylation is 1. The van der Waals surface area contributed by atoms with Crippen molar-refractivity contribution in [3.8, 4) is 5.75 Å². The molecular weight excluding hydrogens is 364 g/mol. The molecule has 144 valence electrons. The lowest BCUT2D eigenvalue weighted by Gasteiger charge is -2.22. The fourth-order valence-electron chi connectivity index (χ4n) is 3.10. The zero-order valence-corrected chi connectivity index (χ0v) is 16.6. The van der Waals surface area contributed by atoms with Crippen LogP contribution in [0.4, 0.5) is 5.69 Å². The van der Waals surface area contributed by atoms with Crippen LogP contribution in [-0.4, -0.2) is 38.0 Å². The Morgan fingerprint density at radius 2 is 1.89 bits per heavy atom. The molecule has 0 spiro atoms. The van der Waals surface area contributed by atoms with Gasteiger partial charge in [0.15, 0.2) is 0 Å². The van der Waals surface area contributed by atoms with Crippen LogP contribution in [0, 0.1) is 6.92 Å². The summed E-state index contributed by atoms with van der Waals surface area (Å²) in [6, 6.07) is 13.5. The lowest BCUT2D eigenvalue weighted by molar-refractivity contribution is -0.116. The lowest BCUT2D eigenvalue weighted by Crippen LogP contribution is -2.31. The highest BCUT2D eigenvalue weighted by Gasteiger charge is 2.23. The lowest BCUT2D eigenvalue weighted by atomic mass is 10.1. The molecule has 0 fully saturated rings. The predicted octanol–water partition coefficient (Wildman–Crippen LogP) is 2.70. The molecule has 7 heteroatoms. The quantitative estimate of drug-likeness (QED) is 0.808. The molecule has 0 aromatic heterocycles. The maximum Gasteiger partial charge on any atom is 0.224 e. The van der Waals surface area contributed by atoms with E-state index in [0.29, 0.717) is 25.4 Å². The first-order chi connectivity index (χ1) is 12.7. The molecule has 0 aliphatic carbocycles. The molecule has 1 heterocycles. The summed E-state index contributed by atoms with van der Waals surface area (Å²) in [7, 11) is -3.30. The van der Waals surface area contributed by atoms with Crippen LogP contribution in [0.5, 0.6) is 5.75 Å². The maximum absolute atomic E-state index is 12.2. The molecule has 0 N–H and O–H groups in total. The Morgan fingerprint density at radius 1 is 1.19 bits per heavy atom. The van der Waals surface area contributed by atoms with Gasteiger partial charge in [0.1, 0.15) is 12.4 Å². The second kappa shape index (κ2) is 7.70. The van der Waals surface area contributed by atoms with Crippen molar-refractivity contribution < 1.29 is 17.9 Å². The summed E-state index contributed by atoms with van der Waals surface area (Å²) in [4.78, 5) is 13.9. The van der Waals surface area contributed by atoms with E-state index in [1.54, 1.807) is 4.90 Å². The number of amides is 1. The largest absolute Gasteiger partial charge is 0.492 e. The number of carbonyl (C=O) groups excluding carboxylic acids is 1. The molecule has 0 radical (unpaired) electrons. The Kier molecular flexibility index (Phi) is 5.53. The van der Waals surface area contributed by atoms with Crippen molar-refractivity contribution in [2.75, 3.05) is 24.3 Å². The molecule has 0 saturated carbocycles. The van der Waals surface area contributed by atoms with Crippen molar-refractivity contribution in [2.24, 2.45) is 0 Å². The molecule has 0 unspecified atom stereocenters. The summed E-state index contributed by atoms with van der Waals surface area (Å²) in [6.45, 7) is 4.87. The van der Waals surface area contributed by atoms with Gasteiger partial charge in [0.05, 0.1) is 12.8 Å². The minimum atomic E-state index is -3.30. The smallest absolute Gasteiger partial charge is 0.224 e. The Balaban J connectivity index is 1.88. The minimum absolute atomic E-state index is 0.0530. The number of fused-ring (bicyclic) bond motifs is 1. The van der Waals surface area contributed by atoms with Crippen molar-refractivity contribution in [1.29, 1.82) is 0 Å². The van der Waals surface area contributed by atoms with E-state index >= 15 is 0 Å². The Hall–Kier alpha value is -2.38. The number of hydrogen-bond donors (Lipinski definition) is 0. The van der Waals surface area contributed by atoms with Crippen molar-refractivity contribution >= 4 is 21.6 Å². The number of benzene rings is 2. The molecule has 2 aromatic carbocycles. The van der Waals surface area contributed by atoms with Crippen LogP contribution in [0.1, 0.15) is 23.6 Å². The minimum Gasteiger partial charge on any atom is -0.492 e. The van der Waals surface area contributed by atoms with Crippen molar-refractivity contribution in [2.45, 2.75) is 26.9 Å². The first kappa shape index (κ1) is 19.4. The van der Waals surface area contributed by atoms with E-state index in [4.69, 9.17) is 4.74 Å². The first-order valence-corrected chi connectivity index (χ1v) is 10.6. The molecule has 6 nitrogen and oxygen atoms in total. The Bertz CT molecular complexity index is 939. The number of carbonyl (C=O) groups is 1. The van der Waals surface area contributed by atoms with E-state index in [2.05, 4.69) is 0 Å². The van der Waals surface area contributed by atoms with Gasteiger partial charge in [0.25, 0.3) is 0 Å². The molecule has 1 aliphatic heterocycles. The van der Waals surface area contributed by atoms with Gasteiger partial charge in [-0.2, -0.15) is 4.31 Å². The van der Waals surface area contributed by atoms with E-state index in [9.17, 15) is 13.2 Å². The molecule has 2 aromatic rings. The third kappa shape index (κ3) is 4.67. The van der Waals surface area contributed by atoms with Gasteiger partial charge in [0, 0.05) is 31.3 Å². The van der Waals surface area contributed by atoms with Crippen LogP contribution in [0.25, 0.3) is 0 Å². The number of rotatable bonds is 4. The van der Waals surface area contributed by atoms with Gasteiger partial charge in [0.2, 0.25) is 15.9 Å². The summed E-state index contributed by atoms with van der Waals surface area (Å²) in [5.41, 5.74) is 3.69. The van der Waals surface area contributed by atoms with Crippen molar-refractivity contribution in [3.05, 3.63) is 59.2 Å². The van der Waals surface area contributed by atoms with Gasteiger partial charge in [-0.15, -0.1) is 0 Å². The summed E-state index contributed by atoms with van der Waals surface area (Å²) < 4.78 is 31.0. The summed E-state index contributed by atoms with van der Waals surface area (Å²) in [5.74, 6) is 0.636. The zero-order chi connectivity index (χ0) is 19.6. The number of anilines is 1. The van der Waals surface area contributed by atoms with Crippen LogP contribution in [0.15, 0.2) is 42.5 Å². The molecule has 0 atom stereocenters. The molecular formula is C20H24N2O4S. The van der Waals surface area contributed by atoms with E-state index in [-0.39, 0.29) is 12.5 Å². The highest BCUT2D eigenvalue weighted by molar-refractivity contribution is 7.88. The van der Waals surface area contributed by atoms with Crippen LogP contribution in [0.2, 0.25) is 0 Å². The fourth-order valence-corrected chi connectivity index (χ4v) is 3.88. The van der Waals surface area contributed by atoms with E-state index < -0.39 is 10.0 Å². The topological polar surface area (TPSA) is 66.9 Å². The first-order valence-electron chi connectivity index (χ1n) is 8.78. The van der Waals surface area contributed by atoms with Crippen LogP contribution >= 0.6 is 0 Å². The molecule has 0 bridgehead atoms. The average molecular weight is 388 g/mol. The third-order valence-electron chi connectivity index (χ3n) is 4.61.